The predicted octanol–water partition coefficient (Wildman–Crippen LogP) is 3.45. The molecule has 0 bridgehead atoms. The summed E-state index contributed by atoms with van der Waals surface area (Å²) in [5, 5.41) is 13.7. The zero-order valence-electron chi connectivity index (χ0n) is 16.7. The number of methoxy groups -OCH3 is 1. The van der Waals surface area contributed by atoms with Gasteiger partial charge in [-0.1, -0.05) is 12.1 Å². The van der Waals surface area contributed by atoms with E-state index in [9.17, 15) is 24.5 Å². The lowest BCUT2D eigenvalue weighted by Crippen LogP contribution is -2.15. The molecule has 2 aromatic carbocycles. The lowest BCUT2D eigenvalue weighted by Gasteiger charge is -2.07. The van der Waals surface area contributed by atoms with E-state index in [0.29, 0.717) is 17.0 Å². The van der Waals surface area contributed by atoms with Crippen LogP contribution in [0.4, 0.5) is 11.4 Å². The number of nitro groups is 1. The van der Waals surface area contributed by atoms with Crippen molar-refractivity contribution in [3.05, 3.63) is 63.7 Å². The number of ketones is 1. The van der Waals surface area contributed by atoms with Gasteiger partial charge < -0.3 is 14.8 Å². The Morgan fingerprint density at radius 1 is 1.07 bits per heavy atom. The normalized spacial score (nSPS) is 10.2. The summed E-state index contributed by atoms with van der Waals surface area (Å²) in [5.41, 5.74) is 0.969. The molecule has 0 aliphatic carbocycles. The second-order valence-electron chi connectivity index (χ2n) is 6.47. The van der Waals surface area contributed by atoms with Gasteiger partial charge in [-0.05, 0) is 37.6 Å². The first-order valence-electron chi connectivity index (χ1n) is 9.18. The van der Waals surface area contributed by atoms with Crippen molar-refractivity contribution in [1.82, 2.24) is 0 Å². The molecule has 0 aliphatic rings. The van der Waals surface area contributed by atoms with Gasteiger partial charge in [-0.2, -0.15) is 0 Å². The summed E-state index contributed by atoms with van der Waals surface area (Å²) in [4.78, 5) is 46.2. The van der Waals surface area contributed by atoms with Crippen LogP contribution in [0.1, 0.15) is 35.2 Å². The minimum absolute atomic E-state index is 0.0304. The molecule has 2 rings (SSSR count). The number of amides is 1. The number of benzene rings is 2. The number of nitrogens with zero attached hydrogens (tertiary/aromatic N) is 1. The lowest BCUT2D eigenvalue weighted by molar-refractivity contribution is -0.385. The first-order chi connectivity index (χ1) is 14.3. The summed E-state index contributed by atoms with van der Waals surface area (Å²) < 4.78 is 9.95. The molecule has 0 heterocycles. The van der Waals surface area contributed by atoms with Crippen LogP contribution in [0.2, 0.25) is 0 Å². The molecule has 0 unspecified atom stereocenters. The smallest absolute Gasteiger partial charge is 0.306 e. The molecule has 0 radical (unpaired) electrons. The summed E-state index contributed by atoms with van der Waals surface area (Å²) >= 11 is 0. The maximum Gasteiger partial charge on any atom is 0.306 e. The van der Waals surface area contributed by atoms with Gasteiger partial charge in [0.25, 0.3) is 5.69 Å². The van der Waals surface area contributed by atoms with Crippen molar-refractivity contribution in [2.45, 2.75) is 26.2 Å². The highest BCUT2D eigenvalue weighted by atomic mass is 16.6. The van der Waals surface area contributed by atoms with E-state index >= 15 is 0 Å². The summed E-state index contributed by atoms with van der Waals surface area (Å²) in [5.74, 6) is -0.743. The van der Waals surface area contributed by atoms with Crippen molar-refractivity contribution in [1.29, 1.82) is 0 Å². The quantitative estimate of drug-likeness (QED) is 0.273. The van der Waals surface area contributed by atoms with Crippen LogP contribution in [0, 0.1) is 17.0 Å². The molecule has 9 heteroatoms. The van der Waals surface area contributed by atoms with Crippen LogP contribution in [0.5, 0.6) is 5.75 Å². The number of carbonyl (C=O) groups is 3. The molecule has 30 heavy (non-hydrogen) atoms. The highest BCUT2D eigenvalue weighted by Gasteiger charge is 2.16. The molecule has 0 spiro atoms. The van der Waals surface area contributed by atoms with Crippen molar-refractivity contribution < 1.29 is 28.8 Å². The molecule has 0 aliphatic heterocycles. The van der Waals surface area contributed by atoms with Crippen molar-refractivity contribution in [3.63, 3.8) is 0 Å². The van der Waals surface area contributed by atoms with Gasteiger partial charge in [-0.25, -0.2) is 0 Å². The number of nitro benzene ring substituents is 1. The number of Topliss-reactive ketones (excluding diaryl/α,β-unsaturated/α-hetero) is 1. The molecular formula is C21H22N2O7. The Labute approximate surface area is 173 Å². The molecule has 0 fully saturated rings. The Morgan fingerprint density at radius 2 is 1.77 bits per heavy atom. The van der Waals surface area contributed by atoms with E-state index in [1.165, 1.54) is 12.1 Å². The third kappa shape index (κ3) is 6.69. The maximum atomic E-state index is 12.1. The summed E-state index contributed by atoms with van der Waals surface area (Å²) in [6.07, 6.45) is 0.335. The fraction of sp³-hybridized carbons (Fsp3) is 0.286. The van der Waals surface area contributed by atoms with Crippen molar-refractivity contribution in [2.24, 2.45) is 0 Å². The summed E-state index contributed by atoms with van der Waals surface area (Å²) in [6, 6.07) is 10.9. The topological polar surface area (TPSA) is 125 Å². The van der Waals surface area contributed by atoms with Gasteiger partial charge >= 0.3 is 5.97 Å². The lowest BCUT2D eigenvalue weighted by atomic mass is 10.1. The highest BCUT2D eigenvalue weighted by Crippen LogP contribution is 2.19. The van der Waals surface area contributed by atoms with Crippen LogP contribution in [-0.4, -0.2) is 36.3 Å². The van der Waals surface area contributed by atoms with E-state index < -0.39 is 23.3 Å². The number of esters is 1. The number of aryl methyl sites for hydroxylation is 1. The molecular weight excluding hydrogens is 392 g/mol. The number of hydrogen-bond acceptors (Lipinski definition) is 7. The number of nitrogens with one attached hydrogen (secondary N) is 1. The van der Waals surface area contributed by atoms with Crippen molar-refractivity contribution in [3.8, 4) is 5.75 Å². The van der Waals surface area contributed by atoms with Gasteiger partial charge in [-0.3, -0.25) is 24.5 Å². The van der Waals surface area contributed by atoms with Crippen LogP contribution in [0.3, 0.4) is 0 Å². The monoisotopic (exact) mass is 414 g/mol. The van der Waals surface area contributed by atoms with Gasteiger partial charge in [-0.15, -0.1) is 0 Å². The van der Waals surface area contributed by atoms with Crippen LogP contribution >= 0.6 is 0 Å². The van der Waals surface area contributed by atoms with E-state index in [-0.39, 0.29) is 36.4 Å². The van der Waals surface area contributed by atoms with E-state index in [1.807, 2.05) is 0 Å². The minimum atomic E-state index is -0.623. The summed E-state index contributed by atoms with van der Waals surface area (Å²) in [6.45, 7) is 1.05. The maximum absolute atomic E-state index is 12.1. The summed E-state index contributed by atoms with van der Waals surface area (Å²) in [7, 11) is 1.55. The number of ether oxygens (including phenoxy) is 2. The van der Waals surface area contributed by atoms with Gasteiger partial charge in [0.05, 0.1) is 12.0 Å². The first-order valence-corrected chi connectivity index (χ1v) is 9.18. The van der Waals surface area contributed by atoms with E-state index in [4.69, 9.17) is 9.47 Å². The first kappa shape index (κ1) is 22.5. The second kappa shape index (κ2) is 10.7. The third-order valence-corrected chi connectivity index (χ3v) is 4.25. The fourth-order valence-corrected chi connectivity index (χ4v) is 2.57. The van der Waals surface area contributed by atoms with Crippen LogP contribution in [-0.2, 0) is 14.3 Å². The Hall–Kier alpha value is -3.75. The molecule has 158 valence electrons. The van der Waals surface area contributed by atoms with E-state index in [0.717, 1.165) is 6.07 Å². The van der Waals surface area contributed by atoms with Gasteiger partial charge in [0.15, 0.2) is 6.61 Å². The SMILES string of the molecule is COc1ccc(NC(=O)CCCC(=O)OCC(=O)c2ccc(C)c([N+](=O)[O-])c2)cc1. The van der Waals surface area contributed by atoms with Gasteiger partial charge in [0, 0.05) is 35.7 Å². The van der Waals surface area contributed by atoms with Crippen LogP contribution in [0.25, 0.3) is 0 Å². The molecule has 0 atom stereocenters. The Balaban J connectivity index is 1.73. The predicted molar refractivity (Wildman–Crippen MR) is 109 cm³/mol. The third-order valence-electron chi connectivity index (χ3n) is 4.25. The molecule has 2 aromatic rings. The van der Waals surface area contributed by atoms with Crippen molar-refractivity contribution >= 4 is 29.0 Å². The largest absolute Gasteiger partial charge is 0.497 e. The molecule has 0 saturated heterocycles. The Bertz CT molecular complexity index is 939. The zero-order valence-corrected chi connectivity index (χ0v) is 16.7. The van der Waals surface area contributed by atoms with E-state index in [1.54, 1.807) is 38.3 Å². The number of hydrogen-bond donors (Lipinski definition) is 1. The minimum Gasteiger partial charge on any atom is -0.497 e. The molecule has 1 amide bonds. The average Bonchev–Trinajstić information content (AvgIpc) is 2.72. The second-order valence-corrected chi connectivity index (χ2v) is 6.47. The Kier molecular flexibility index (Phi) is 8.04. The Morgan fingerprint density at radius 3 is 2.40 bits per heavy atom. The zero-order chi connectivity index (χ0) is 22.1. The number of carbonyl (C=O) groups excluding carboxylic acids is 3. The highest BCUT2D eigenvalue weighted by molar-refractivity contribution is 5.98. The number of anilines is 1. The van der Waals surface area contributed by atoms with E-state index in [2.05, 4.69) is 5.32 Å². The molecule has 0 aromatic heterocycles. The van der Waals surface area contributed by atoms with Crippen molar-refractivity contribution in [2.75, 3.05) is 19.0 Å². The molecule has 9 nitrogen and oxygen atoms in total. The standard InChI is InChI=1S/C21H22N2O7/c1-14-6-7-15(12-18(14)23(27)28)19(24)13-30-21(26)5-3-4-20(25)22-16-8-10-17(29-2)11-9-16/h6-12H,3-5,13H2,1-2H3,(H,22,25). The molecule has 1 N–H and O–H groups in total. The van der Waals surface area contributed by atoms with Crippen LogP contribution < -0.4 is 10.1 Å². The molecule has 0 saturated carbocycles. The van der Waals surface area contributed by atoms with Gasteiger partial charge in [0.1, 0.15) is 5.75 Å². The van der Waals surface area contributed by atoms with Crippen LogP contribution in [0.15, 0.2) is 42.5 Å². The average molecular weight is 414 g/mol. The fourth-order valence-electron chi connectivity index (χ4n) is 2.57. The van der Waals surface area contributed by atoms with Gasteiger partial charge in [0.2, 0.25) is 11.7 Å². The number of rotatable bonds is 10.